The van der Waals surface area contributed by atoms with Crippen LogP contribution in [0.3, 0.4) is 0 Å². The van der Waals surface area contributed by atoms with E-state index in [0.717, 1.165) is 0 Å². The van der Waals surface area contributed by atoms with Crippen molar-refractivity contribution in [3.63, 3.8) is 0 Å². The number of benzene rings is 2. The molecule has 4 rings (SSSR count). The predicted octanol–water partition coefficient (Wildman–Crippen LogP) is 1.27. The van der Waals surface area contributed by atoms with Crippen LogP contribution in [0.4, 0.5) is 5.69 Å². The van der Waals surface area contributed by atoms with E-state index in [9.17, 15) is 23.3 Å². The quantitative estimate of drug-likeness (QED) is 0.443. The molecule has 0 saturated carbocycles. The first-order chi connectivity index (χ1) is 14.4. The highest BCUT2D eigenvalue weighted by molar-refractivity contribution is 7.89. The number of sulfonamides is 1. The van der Waals surface area contributed by atoms with Crippen LogP contribution in [0.25, 0.3) is 10.9 Å². The first-order valence-corrected chi connectivity index (χ1v) is 10.7. The van der Waals surface area contributed by atoms with Crippen LogP contribution in [-0.4, -0.2) is 58.3 Å². The third-order valence-corrected chi connectivity index (χ3v) is 7.04. The Kier molecular flexibility index (Phi) is 5.33. The van der Waals surface area contributed by atoms with E-state index in [1.807, 2.05) is 11.0 Å². The highest BCUT2D eigenvalue weighted by atomic mass is 32.2. The summed E-state index contributed by atoms with van der Waals surface area (Å²) in [5.41, 5.74) is 0.0309. The zero-order valence-electron chi connectivity index (χ0n) is 15.9. The Labute approximate surface area is 172 Å². The molecule has 2 heterocycles. The molecule has 1 aromatic heterocycles. The van der Waals surface area contributed by atoms with E-state index in [-0.39, 0.29) is 30.2 Å². The summed E-state index contributed by atoms with van der Waals surface area (Å²) in [5.74, 6) is 0. The van der Waals surface area contributed by atoms with Crippen LogP contribution in [0.2, 0.25) is 0 Å². The second-order valence-electron chi connectivity index (χ2n) is 6.93. The van der Waals surface area contributed by atoms with Crippen LogP contribution in [0, 0.1) is 10.1 Å². The molecule has 1 aliphatic rings. The van der Waals surface area contributed by atoms with E-state index >= 15 is 0 Å². The van der Waals surface area contributed by atoms with Crippen LogP contribution in [0.1, 0.15) is 0 Å². The van der Waals surface area contributed by atoms with Gasteiger partial charge in [0, 0.05) is 32.2 Å². The minimum absolute atomic E-state index is 0.157. The maximum atomic E-state index is 12.9. The van der Waals surface area contributed by atoms with Crippen molar-refractivity contribution in [2.45, 2.75) is 11.6 Å². The number of nitrogens with zero attached hydrogens (tertiary/aromatic N) is 5. The Morgan fingerprint density at radius 3 is 2.40 bits per heavy atom. The molecule has 1 saturated heterocycles. The molecule has 30 heavy (non-hydrogen) atoms. The summed E-state index contributed by atoms with van der Waals surface area (Å²) in [7, 11) is -3.99. The summed E-state index contributed by atoms with van der Waals surface area (Å²) in [5, 5.41) is 11.7. The van der Waals surface area contributed by atoms with Gasteiger partial charge < -0.3 is 0 Å². The maximum absolute atomic E-state index is 12.9. The molecule has 156 valence electrons. The lowest BCUT2D eigenvalue weighted by Crippen LogP contribution is -2.49. The molecule has 1 aliphatic heterocycles. The monoisotopic (exact) mass is 429 g/mol. The molecule has 11 heteroatoms. The van der Waals surface area contributed by atoms with Crippen molar-refractivity contribution >= 4 is 26.6 Å². The van der Waals surface area contributed by atoms with E-state index in [1.54, 1.807) is 18.2 Å². The summed E-state index contributed by atoms with van der Waals surface area (Å²) in [6.45, 7) is 1.41. The fourth-order valence-corrected chi connectivity index (χ4v) is 5.08. The number of hydrogen-bond donors (Lipinski definition) is 0. The minimum Gasteiger partial charge on any atom is -0.285 e. The third kappa shape index (κ3) is 3.70. The first-order valence-electron chi connectivity index (χ1n) is 9.28. The van der Waals surface area contributed by atoms with Crippen LogP contribution in [-0.2, 0) is 16.7 Å². The summed E-state index contributed by atoms with van der Waals surface area (Å²) in [6, 6.07) is 12.4. The lowest BCUT2D eigenvalue weighted by Gasteiger charge is -2.33. The SMILES string of the molecule is O=c1c2ccccc2ncn1CN1CCN(S(=O)(=O)c2ccccc2[N+](=O)[O-])CC1. The largest absolute Gasteiger partial charge is 0.289 e. The van der Waals surface area contributed by atoms with Crippen LogP contribution in [0.15, 0.2) is 64.5 Å². The van der Waals surface area contributed by atoms with Gasteiger partial charge in [-0.25, -0.2) is 13.4 Å². The number of hydrogen-bond acceptors (Lipinski definition) is 7. The average molecular weight is 429 g/mol. The molecule has 0 N–H and O–H groups in total. The summed E-state index contributed by atoms with van der Waals surface area (Å²) in [4.78, 5) is 29.1. The number of nitro groups is 1. The number of nitro benzene ring substituents is 1. The molecule has 0 unspecified atom stereocenters. The van der Waals surface area contributed by atoms with Gasteiger partial charge in [0.25, 0.3) is 11.2 Å². The van der Waals surface area contributed by atoms with Gasteiger partial charge in [0.1, 0.15) is 0 Å². The molecule has 10 nitrogen and oxygen atoms in total. The second kappa shape index (κ2) is 7.94. The summed E-state index contributed by atoms with van der Waals surface area (Å²) < 4.78 is 28.6. The topological polar surface area (TPSA) is 119 Å². The first kappa shape index (κ1) is 20.1. The van der Waals surface area contributed by atoms with Crippen LogP contribution >= 0.6 is 0 Å². The van der Waals surface area contributed by atoms with E-state index in [4.69, 9.17) is 0 Å². The van der Waals surface area contributed by atoms with Gasteiger partial charge in [-0.15, -0.1) is 0 Å². The number of aromatic nitrogens is 2. The van der Waals surface area contributed by atoms with Crippen molar-refractivity contribution in [2.75, 3.05) is 26.2 Å². The Morgan fingerprint density at radius 1 is 1.00 bits per heavy atom. The smallest absolute Gasteiger partial charge is 0.285 e. The average Bonchev–Trinajstić information content (AvgIpc) is 2.76. The molecule has 3 aromatic rings. The number of piperazine rings is 1. The van der Waals surface area contributed by atoms with Crippen molar-refractivity contribution in [3.8, 4) is 0 Å². The minimum atomic E-state index is -3.99. The van der Waals surface area contributed by atoms with Gasteiger partial charge in [-0.2, -0.15) is 4.31 Å². The molecule has 0 spiro atoms. The van der Waals surface area contributed by atoms with E-state index < -0.39 is 20.6 Å². The van der Waals surface area contributed by atoms with Crippen LogP contribution < -0.4 is 5.56 Å². The highest BCUT2D eigenvalue weighted by Crippen LogP contribution is 2.26. The zero-order chi connectivity index (χ0) is 21.3. The Hall–Kier alpha value is -3.15. The van der Waals surface area contributed by atoms with Crippen molar-refractivity contribution in [1.29, 1.82) is 0 Å². The van der Waals surface area contributed by atoms with Crippen molar-refractivity contribution < 1.29 is 13.3 Å². The Balaban J connectivity index is 1.49. The fourth-order valence-electron chi connectivity index (χ4n) is 3.50. The zero-order valence-corrected chi connectivity index (χ0v) is 16.7. The molecule has 2 aromatic carbocycles. The van der Waals surface area contributed by atoms with Gasteiger partial charge in [-0.3, -0.25) is 24.4 Å². The van der Waals surface area contributed by atoms with E-state index in [2.05, 4.69) is 4.98 Å². The highest BCUT2D eigenvalue weighted by Gasteiger charge is 2.33. The normalized spacial score (nSPS) is 16.0. The molecule has 0 aliphatic carbocycles. The predicted molar refractivity (Wildman–Crippen MR) is 109 cm³/mol. The van der Waals surface area contributed by atoms with Crippen molar-refractivity contribution in [2.24, 2.45) is 0 Å². The summed E-state index contributed by atoms with van der Waals surface area (Å²) >= 11 is 0. The van der Waals surface area contributed by atoms with Crippen molar-refractivity contribution in [3.05, 3.63) is 75.3 Å². The molecule has 0 bridgehead atoms. The number of rotatable bonds is 5. The molecule has 1 fully saturated rings. The summed E-state index contributed by atoms with van der Waals surface area (Å²) in [6.07, 6.45) is 1.49. The van der Waals surface area contributed by atoms with Gasteiger partial charge in [-0.05, 0) is 18.2 Å². The lowest BCUT2D eigenvalue weighted by atomic mass is 10.2. The van der Waals surface area contributed by atoms with E-state index in [1.165, 1.54) is 39.5 Å². The standard InChI is InChI=1S/C19H19N5O5S/c25-19-15-5-1-2-6-16(15)20-13-22(19)14-21-9-11-23(12-10-21)30(28,29)18-8-4-3-7-17(18)24(26)27/h1-8,13H,9-12,14H2. The maximum Gasteiger partial charge on any atom is 0.289 e. The molecule has 0 atom stereocenters. The van der Waals surface area contributed by atoms with Gasteiger partial charge in [0.15, 0.2) is 4.90 Å². The number of para-hydroxylation sites is 2. The van der Waals surface area contributed by atoms with Gasteiger partial charge in [0.2, 0.25) is 10.0 Å². The molecule has 0 radical (unpaired) electrons. The second-order valence-corrected chi connectivity index (χ2v) is 8.83. The Morgan fingerprint density at radius 2 is 1.67 bits per heavy atom. The molecule has 0 amide bonds. The third-order valence-electron chi connectivity index (χ3n) is 5.09. The van der Waals surface area contributed by atoms with Gasteiger partial charge >= 0.3 is 0 Å². The molecular weight excluding hydrogens is 410 g/mol. The van der Waals surface area contributed by atoms with Gasteiger partial charge in [-0.1, -0.05) is 24.3 Å². The van der Waals surface area contributed by atoms with Gasteiger partial charge in [0.05, 0.1) is 28.8 Å². The molecular formula is C19H19N5O5S. The Bertz CT molecular complexity index is 1270. The van der Waals surface area contributed by atoms with Crippen molar-refractivity contribution in [1.82, 2.24) is 18.8 Å². The lowest BCUT2D eigenvalue weighted by molar-refractivity contribution is -0.387. The van der Waals surface area contributed by atoms with Crippen LogP contribution in [0.5, 0.6) is 0 Å². The fraction of sp³-hybridized carbons (Fsp3) is 0.263. The van der Waals surface area contributed by atoms with E-state index in [0.29, 0.717) is 24.0 Å². The number of fused-ring (bicyclic) bond motifs is 1.